The number of thiophene rings is 1. The summed E-state index contributed by atoms with van der Waals surface area (Å²) in [6.45, 7) is 1.20. The van der Waals surface area contributed by atoms with Crippen LogP contribution in [-0.2, 0) is 11.3 Å². The number of carboxylic acids is 1. The molecule has 0 spiro atoms. The number of nitro groups is 1. The number of nitrogens with one attached hydrogen (secondary N) is 1. The van der Waals surface area contributed by atoms with Crippen molar-refractivity contribution >= 4 is 22.3 Å². The number of carboxylic acid groups (broad SMARTS) is 1. The molecule has 1 aromatic heterocycles. The summed E-state index contributed by atoms with van der Waals surface area (Å²) < 4.78 is 0. The largest absolute Gasteiger partial charge is 0.481 e. The SMILES string of the molecule is O=C(O)C1CCCC1CNCc1csc([N+](=O)[O-])c1. The number of rotatable bonds is 6. The smallest absolute Gasteiger partial charge is 0.324 e. The monoisotopic (exact) mass is 284 g/mol. The minimum atomic E-state index is -0.713. The van der Waals surface area contributed by atoms with Gasteiger partial charge in [0.05, 0.1) is 10.8 Å². The molecule has 0 aliphatic heterocycles. The standard InChI is InChI=1S/C12H16N2O4S/c15-12(16)10-3-1-2-9(10)6-13-5-8-4-11(14(17)18)19-7-8/h4,7,9-10,13H,1-3,5-6H2,(H,15,16). The second kappa shape index (κ2) is 6.12. The highest BCUT2D eigenvalue weighted by Crippen LogP contribution is 2.31. The van der Waals surface area contributed by atoms with Crippen molar-refractivity contribution in [3.05, 3.63) is 27.1 Å². The highest BCUT2D eigenvalue weighted by Gasteiger charge is 2.32. The molecule has 1 saturated carbocycles. The van der Waals surface area contributed by atoms with Crippen LogP contribution >= 0.6 is 11.3 Å². The molecule has 1 aliphatic carbocycles. The summed E-state index contributed by atoms with van der Waals surface area (Å²) in [6, 6.07) is 1.56. The molecule has 7 heteroatoms. The molecular weight excluding hydrogens is 268 g/mol. The summed E-state index contributed by atoms with van der Waals surface area (Å²) in [7, 11) is 0. The van der Waals surface area contributed by atoms with Crippen LogP contribution in [0.5, 0.6) is 0 Å². The highest BCUT2D eigenvalue weighted by atomic mass is 32.1. The van der Waals surface area contributed by atoms with Gasteiger partial charge in [0.1, 0.15) is 0 Å². The van der Waals surface area contributed by atoms with Gasteiger partial charge in [0.25, 0.3) is 0 Å². The van der Waals surface area contributed by atoms with Crippen LogP contribution in [0.15, 0.2) is 11.4 Å². The zero-order chi connectivity index (χ0) is 13.8. The molecule has 0 aromatic carbocycles. The Morgan fingerprint density at radius 2 is 2.37 bits per heavy atom. The number of nitrogens with zero attached hydrogens (tertiary/aromatic N) is 1. The van der Waals surface area contributed by atoms with Gasteiger partial charge in [-0.15, -0.1) is 0 Å². The predicted octanol–water partition coefficient (Wildman–Crippen LogP) is 2.25. The molecule has 0 radical (unpaired) electrons. The Labute approximate surface area is 114 Å². The average Bonchev–Trinajstić information content (AvgIpc) is 2.97. The van der Waals surface area contributed by atoms with Crippen LogP contribution in [0, 0.1) is 22.0 Å². The molecule has 2 N–H and O–H groups in total. The Kier molecular flexibility index (Phi) is 4.49. The van der Waals surface area contributed by atoms with Gasteiger partial charge in [0, 0.05) is 18.0 Å². The minimum Gasteiger partial charge on any atom is -0.481 e. The molecule has 2 atom stereocenters. The van der Waals surface area contributed by atoms with Crippen molar-refractivity contribution in [2.45, 2.75) is 25.8 Å². The maximum atomic E-state index is 11.0. The molecule has 1 heterocycles. The molecule has 2 rings (SSSR count). The lowest BCUT2D eigenvalue weighted by atomic mass is 9.96. The maximum Gasteiger partial charge on any atom is 0.324 e. The van der Waals surface area contributed by atoms with Crippen LogP contribution in [-0.4, -0.2) is 22.5 Å². The third-order valence-electron chi connectivity index (χ3n) is 3.53. The molecule has 6 nitrogen and oxygen atoms in total. The fourth-order valence-corrected chi connectivity index (χ4v) is 3.29. The van der Waals surface area contributed by atoms with Gasteiger partial charge in [0.15, 0.2) is 0 Å². The first kappa shape index (κ1) is 14.0. The number of carbonyl (C=O) groups is 1. The van der Waals surface area contributed by atoms with Crippen molar-refractivity contribution in [3.63, 3.8) is 0 Å². The molecular formula is C12H16N2O4S. The van der Waals surface area contributed by atoms with E-state index in [1.165, 1.54) is 0 Å². The van der Waals surface area contributed by atoms with Crippen molar-refractivity contribution in [2.75, 3.05) is 6.54 Å². The van der Waals surface area contributed by atoms with Crippen LogP contribution in [0.2, 0.25) is 0 Å². The average molecular weight is 284 g/mol. The van der Waals surface area contributed by atoms with Crippen LogP contribution in [0.3, 0.4) is 0 Å². The normalized spacial score (nSPS) is 22.5. The van der Waals surface area contributed by atoms with Crippen molar-refractivity contribution in [1.29, 1.82) is 0 Å². The number of hydrogen-bond donors (Lipinski definition) is 2. The first-order valence-corrected chi connectivity index (χ1v) is 7.11. The fourth-order valence-electron chi connectivity index (χ4n) is 2.56. The Morgan fingerprint density at radius 1 is 1.58 bits per heavy atom. The predicted molar refractivity (Wildman–Crippen MR) is 71.1 cm³/mol. The van der Waals surface area contributed by atoms with E-state index < -0.39 is 10.9 Å². The summed E-state index contributed by atoms with van der Waals surface area (Å²) >= 11 is 1.11. The van der Waals surface area contributed by atoms with Gasteiger partial charge in [-0.3, -0.25) is 14.9 Å². The van der Waals surface area contributed by atoms with Gasteiger partial charge in [-0.25, -0.2) is 0 Å². The van der Waals surface area contributed by atoms with Gasteiger partial charge in [-0.05, 0) is 30.9 Å². The molecule has 104 valence electrons. The third-order valence-corrected chi connectivity index (χ3v) is 4.46. The molecule has 1 fully saturated rings. The number of aliphatic carboxylic acids is 1. The maximum absolute atomic E-state index is 11.0. The van der Waals surface area contributed by atoms with Gasteiger partial charge >= 0.3 is 11.0 Å². The quantitative estimate of drug-likeness (QED) is 0.617. The van der Waals surface area contributed by atoms with Crippen molar-refractivity contribution < 1.29 is 14.8 Å². The summed E-state index contributed by atoms with van der Waals surface area (Å²) in [4.78, 5) is 21.2. The van der Waals surface area contributed by atoms with E-state index in [0.29, 0.717) is 13.1 Å². The molecule has 0 saturated heterocycles. The third kappa shape index (κ3) is 3.51. The highest BCUT2D eigenvalue weighted by molar-refractivity contribution is 7.13. The number of hydrogen-bond acceptors (Lipinski definition) is 5. The van der Waals surface area contributed by atoms with Crippen LogP contribution in [0.25, 0.3) is 0 Å². The molecule has 1 aromatic rings. The van der Waals surface area contributed by atoms with Crippen molar-refractivity contribution in [3.8, 4) is 0 Å². The van der Waals surface area contributed by atoms with Gasteiger partial charge in [-0.2, -0.15) is 0 Å². The summed E-state index contributed by atoms with van der Waals surface area (Å²) in [5.74, 6) is -0.786. The first-order valence-electron chi connectivity index (χ1n) is 6.23. The first-order chi connectivity index (χ1) is 9.08. The van der Waals surface area contributed by atoms with E-state index in [-0.39, 0.29) is 16.8 Å². The van der Waals surface area contributed by atoms with Crippen LogP contribution in [0.4, 0.5) is 5.00 Å². The van der Waals surface area contributed by atoms with E-state index in [9.17, 15) is 14.9 Å². The van der Waals surface area contributed by atoms with E-state index in [4.69, 9.17) is 5.11 Å². The lowest BCUT2D eigenvalue weighted by Crippen LogP contribution is -2.28. The Hall–Kier alpha value is -1.47. The topological polar surface area (TPSA) is 92.5 Å². The van der Waals surface area contributed by atoms with Crippen molar-refractivity contribution in [1.82, 2.24) is 5.32 Å². The molecule has 0 bridgehead atoms. The molecule has 19 heavy (non-hydrogen) atoms. The van der Waals surface area contributed by atoms with Crippen LogP contribution in [0.1, 0.15) is 24.8 Å². The van der Waals surface area contributed by atoms with E-state index in [2.05, 4.69) is 5.32 Å². The van der Waals surface area contributed by atoms with Gasteiger partial charge < -0.3 is 10.4 Å². The fraction of sp³-hybridized carbons (Fsp3) is 0.583. The second-order valence-corrected chi connectivity index (χ2v) is 5.71. The molecule has 0 amide bonds. The zero-order valence-corrected chi connectivity index (χ0v) is 11.2. The van der Waals surface area contributed by atoms with Gasteiger partial charge in [0.2, 0.25) is 0 Å². The van der Waals surface area contributed by atoms with Crippen molar-refractivity contribution in [2.24, 2.45) is 11.8 Å². The Morgan fingerprint density at radius 3 is 3.00 bits per heavy atom. The van der Waals surface area contributed by atoms with E-state index >= 15 is 0 Å². The Balaban J connectivity index is 1.79. The lowest BCUT2D eigenvalue weighted by Gasteiger charge is -2.15. The molecule has 1 aliphatic rings. The van der Waals surface area contributed by atoms with E-state index in [0.717, 1.165) is 36.2 Å². The second-order valence-electron chi connectivity index (χ2n) is 4.82. The zero-order valence-electron chi connectivity index (χ0n) is 10.4. The Bertz CT molecular complexity index is 474. The summed E-state index contributed by atoms with van der Waals surface area (Å²) in [5, 5.41) is 24.7. The van der Waals surface area contributed by atoms with Crippen LogP contribution < -0.4 is 5.32 Å². The van der Waals surface area contributed by atoms with E-state index in [1.807, 2.05) is 0 Å². The minimum absolute atomic E-state index is 0.140. The summed E-state index contributed by atoms with van der Waals surface area (Å²) in [5.41, 5.74) is 0.876. The van der Waals surface area contributed by atoms with Gasteiger partial charge in [-0.1, -0.05) is 17.8 Å². The van der Waals surface area contributed by atoms with E-state index in [1.54, 1.807) is 11.4 Å². The lowest BCUT2D eigenvalue weighted by molar-refractivity contribution is -0.380. The molecule has 2 unspecified atom stereocenters. The summed E-state index contributed by atoms with van der Waals surface area (Å²) in [6.07, 6.45) is 2.66.